The second-order valence-electron chi connectivity index (χ2n) is 9.27. The van der Waals surface area contributed by atoms with E-state index in [0.717, 1.165) is 29.0 Å². The third kappa shape index (κ3) is 6.52. The first kappa shape index (κ1) is 28.4. The lowest BCUT2D eigenvalue weighted by Crippen LogP contribution is -2.29. The summed E-state index contributed by atoms with van der Waals surface area (Å²) in [5, 5.41) is 9.44. The topological polar surface area (TPSA) is 101 Å². The molecule has 4 aromatic rings. The third-order valence-electron chi connectivity index (χ3n) is 6.09. The van der Waals surface area contributed by atoms with Gasteiger partial charge >= 0.3 is 6.18 Å². The number of nitrogens with zero attached hydrogens (tertiary/aromatic N) is 2. The molecule has 0 saturated carbocycles. The van der Waals surface area contributed by atoms with Gasteiger partial charge in [-0.2, -0.15) is 18.4 Å². The molecular formula is C29H24F3N3O4S. The van der Waals surface area contributed by atoms with Crippen LogP contribution in [0.3, 0.4) is 0 Å². The SMILES string of the molecule is Cc1ccc(Cn2c(-c3ccc(Oc4ccc(NS(C)(=O)=O)cc4)cc3)cc(C(F)(F)F)c(C#N)c2=O)c(C)c1. The van der Waals surface area contributed by atoms with Crippen LogP contribution < -0.4 is 15.0 Å². The maximum atomic E-state index is 13.8. The molecule has 0 unspecified atom stereocenters. The molecule has 0 amide bonds. The normalized spacial score (nSPS) is 11.6. The Labute approximate surface area is 229 Å². The van der Waals surface area contributed by atoms with Crippen LogP contribution >= 0.6 is 0 Å². The molecule has 40 heavy (non-hydrogen) atoms. The molecule has 3 aromatic carbocycles. The van der Waals surface area contributed by atoms with Crippen molar-refractivity contribution in [1.82, 2.24) is 4.57 Å². The van der Waals surface area contributed by atoms with Crippen molar-refractivity contribution in [1.29, 1.82) is 5.26 Å². The van der Waals surface area contributed by atoms with Gasteiger partial charge in [0, 0.05) is 5.69 Å². The van der Waals surface area contributed by atoms with Gasteiger partial charge in [-0.25, -0.2) is 8.42 Å². The lowest BCUT2D eigenvalue weighted by atomic mass is 10.0. The summed E-state index contributed by atoms with van der Waals surface area (Å²) < 4.78 is 73.6. The number of benzene rings is 3. The maximum Gasteiger partial charge on any atom is 0.417 e. The van der Waals surface area contributed by atoms with Gasteiger partial charge in [0.05, 0.1) is 24.1 Å². The minimum atomic E-state index is -4.90. The number of hydrogen-bond donors (Lipinski definition) is 1. The number of aromatic nitrogens is 1. The Balaban J connectivity index is 1.73. The summed E-state index contributed by atoms with van der Waals surface area (Å²) >= 11 is 0. The molecule has 1 N–H and O–H groups in total. The molecule has 7 nitrogen and oxygen atoms in total. The molecule has 0 fully saturated rings. The van der Waals surface area contributed by atoms with Gasteiger partial charge in [-0.3, -0.25) is 9.52 Å². The molecule has 0 radical (unpaired) electrons. The van der Waals surface area contributed by atoms with Crippen molar-refractivity contribution in [2.24, 2.45) is 0 Å². The average molecular weight is 568 g/mol. The van der Waals surface area contributed by atoms with E-state index in [1.807, 2.05) is 26.0 Å². The summed E-state index contributed by atoms with van der Waals surface area (Å²) in [6.45, 7) is 3.72. The standard InChI is InChI=1S/C29H24F3N3O4S/c1-18-4-5-21(19(2)14-18)17-35-27(15-26(29(30,31)32)25(16-33)28(35)36)20-6-10-23(11-7-20)39-24-12-8-22(9-13-24)34-40(3,37)38/h4-15,34H,17H2,1-3H3. The van der Waals surface area contributed by atoms with Gasteiger partial charge in [0.1, 0.15) is 23.1 Å². The third-order valence-corrected chi connectivity index (χ3v) is 6.69. The van der Waals surface area contributed by atoms with Crippen LogP contribution in [-0.4, -0.2) is 19.2 Å². The molecule has 0 aliphatic carbocycles. The number of nitriles is 1. The van der Waals surface area contributed by atoms with E-state index in [2.05, 4.69) is 4.72 Å². The van der Waals surface area contributed by atoms with E-state index in [1.54, 1.807) is 18.2 Å². The fourth-order valence-electron chi connectivity index (χ4n) is 4.20. The number of ether oxygens (including phenoxy) is 1. The van der Waals surface area contributed by atoms with Gasteiger partial charge < -0.3 is 9.30 Å². The number of alkyl halides is 3. The van der Waals surface area contributed by atoms with Crippen molar-refractivity contribution in [3.63, 3.8) is 0 Å². The van der Waals surface area contributed by atoms with Crippen LogP contribution in [0.15, 0.2) is 77.6 Å². The minimum Gasteiger partial charge on any atom is -0.457 e. The molecule has 1 aromatic heterocycles. The highest BCUT2D eigenvalue weighted by atomic mass is 32.2. The maximum absolute atomic E-state index is 13.8. The van der Waals surface area contributed by atoms with Crippen molar-refractivity contribution >= 4 is 15.7 Å². The number of sulfonamides is 1. The van der Waals surface area contributed by atoms with Gasteiger partial charge in [-0.15, -0.1) is 0 Å². The monoisotopic (exact) mass is 567 g/mol. The molecule has 0 saturated heterocycles. The summed E-state index contributed by atoms with van der Waals surface area (Å²) in [4.78, 5) is 13.2. The fourth-order valence-corrected chi connectivity index (χ4v) is 4.77. The smallest absolute Gasteiger partial charge is 0.417 e. The largest absolute Gasteiger partial charge is 0.457 e. The highest BCUT2D eigenvalue weighted by molar-refractivity contribution is 7.92. The Bertz CT molecular complexity index is 1770. The molecule has 0 aliphatic rings. The number of halogens is 3. The van der Waals surface area contributed by atoms with E-state index >= 15 is 0 Å². The van der Waals surface area contributed by atoms with Crippen molar-refractivity contribution in [2.75, 3.05) is 11.0 Å². The lowest BCUT2D eigenvalue weighted by Gasteiger charge is -2.19. The first-order chi connectivity index (χ1) is 18.7. The van der Waals surface area contributed by atoms with Crippen LogP contribution in [0.25, 0.3) is 11.3 Å². The molecular weight excluding hydrogens is 543 g/mol. The van der Waals surface area contributed by atoms with Crippen LogP contribution in [0.1, 0.15) is 27.8 Å². The summed E-state index contributed by atoms with van der Waals surface area (Å²) in [5.74, 6) is 0.761. The van der Waals surface area contributed by atoms with Gasteiger partial charge in [-0.05, 0) is 85.1 Å². The first-order valence-electron chi connectivity index (χ1n) is 11.9. The Hall–Kier alpha value is -4.56. The van der Waals surface area contributed by atoms with Crippen LogP contribution in [0.5, 0.6) is 11.5 Å². The van der Waals surface area contributed by atoms with Gasteiger partial charge in [0.15, 0.2) is 0 Å². The van der Waals surface area contributed by atoms with E-state index in [0.29, 0.717) is 22.7 Å². The number of pyridine rings is 1. The Morgan fingerprint density at radius 3 is 2.08 bits per heavy atom. The predicted molar refractivity (Wildman–Crippen MR) is 146 cm³/mol. The number of anilines is 1. The van der Waals surface area contributed by atoms with Gasteiger partial charge in [-0.1, -0.05) is 23.8 Å². The Kier molecular flexibility index (Phi) is 7.75. The zero-order valence-corrected chi connectivity index (χ0v) is 22.5. The molecule has 0 spiro atoms. The molecule has 1 heterocycles. The average Bonchev–Trinajstić information content (AvgIpc) is 2.86. The zero-order chi connectivity index (χ0) is 29.2. The molecule has 0 bridgehead atoms. The second kappa shape index (κ2) is 10.9. The van der Waals surface area contributed by atoms with Crippen LogP contribution in [-0.2, 0) is 22.7 Å². The fraction of sp³-hybridized carbons (Fsp3) is 0.172. The molecule has 0 atom stereocenters. The van der Waals surface area contributed by atoms with Gasteiger partial charge in [0.25, 0.3) is 5.56 Å². The van der Waals surface area contributed by atoms with Crippen molar-refractivity contribution < 1.29 is 26.3 Å². The number of aryl methyl sites for hydroxylation is 2. The Morgan fingerprint density at radius 2 is 1.55 bits per heavy atom. The van der Waals surface area contributed by atoms with Crippen LogP contribution in [0.4, 0.5) is 18.9 Å². The molecule has 11 heteroatoms. The van der Waals surface area contributed by atoms with Crippen molar-refractivity contribution in [2.45, 2.75) is 26.6 Å². The zero-order valence-electron chi connectivity index (χ0n) is 21.7. The van der Waals surface area contributed by atoms with E-state index in [-0.39, 0.29) is 12.2 Å². The second-order valence-corrected chi connectivity index (χ2v) is 11.0. The lowest BCUT2D eigenvalue weighted by molar-refractivity contribution is -0.137. The number of nitrogens with one attached hydrogen (secondary N) is 1. The molecule has 4 rings (SSSR count). The molecule has 206 valence electrons. The number of hydrogen-bond acceptors (Lipinski definition) is 5. The Morgan fingerprint density at radius 1 is 0.950 bits per heavy atom. The summed E-state index contributed by atoms with van der Waals surface area (Å²) in [6, 6.07) is 20.1. The first-order valence-corrected chi connectivity index (χ1v) is 13.8. The highest BCUT2D eigenvalue weighted by Crippen LogP contribution is 2.34. The van der Waals surface area contributed by atoms with Crippen LogP contribution in [0, 0.1) is 25.2 Å². The summed E-state index contributed by atoms with van der Waals surface area (Å²) in [6.07, 6.45) is -3.87. The van der Waals surface area contributed by atoms with E-state index in [4.69, 9.17) is 4.74 Å². The minimum absolute atomic E-state index is 0.000878. The molecule has 0 aliphatic heterocycles. The predicted octanol–water partition coefficient (Wildman–Crippen LogP) is 6.23. The number of rotatable bonds is 7. The highest BCUT2D eigenvalue weighted by Gasteiger charge is 2.36. The quantitative estimate of drug-likeness (QED) is 0.285. The van der Waals surface area contributed by atoms with Crippen molar-refractivity contribution in [3.05, 3.63) is 111 Å². The summed E-state index contributed by atoms with van der Waals surface area (Å²) in [7, 11) is -3.43. The van der Waals surface area contributed by atoms with E-state index < -0.39 is 32.9 Å². The van der Waals surface area contributed by atoms with Gasteiger partial charge in [0.2, 0.25) is 10.0 Å². The van der Waals surface area contributed by atoms with E-state index in [1.165, 1.54) is 47.0 Å². The van der Waals surface area contributed by atoms with E-state index in [9.17, 15) is 31.6 Å². The van der Waals surface area contributed by atoms with Crippen molar-refractivity contribution in [3.8, 4) is 28.8 Å². The summed E-state index contributed by atoms with van der Waals surface area (Å²) in [5.41, 5.74) is -0.0376. The van der Waals surface area contributed by atoms with Crippen LogP contribution in [0.2, 0.25) is 0 Å².